The predicted octanol–water partition coefficient (Wildman–Crippen LogP) is 4.29. The molecule has 0 aromatic heterocycles. The fourth-order valence-corrected chi connectivity index (χ4v) is 4.66. The van der Waals surface area contributed by atoms with E-state index in [1.165, 1.54) is 17.7 Å². The smallest absolute Gasteiger partial charge is 0.123 e. The van der Waals surface area contributed by atoms with Gasteiger partial charge in [-0.25, -0.2) is 4.39 Å². The molecule has 2 aromatic rings. The molecule has 0 spiro atoms. The molecule has 0 aliphatic carbocycles. The SMILES string of the molecule is COc1ccc([C@@H]2[C@@H]3CN(CCOc4ccc(F)cc4)C[C@@H]3CN2C)cc1.Cl.Cl. The van der Waals surface area contributed by atoms with Crippen molar-refractivity contribution in [3.63, 3.8) is 0 Å². The minimum absolute atomic E-state index is 0. The Hall–Kier alpha value is -1.53. The maximum absolute atomic E-state index is 13.0. The minimum atomic E-state index is -0.233. The summed E-state index contributed by atoms with van der Waals surface area (Å²) >= 11 is 0. The molecule has 2 aliphatic heterocycles. The molecule has 4 rings (SSSR count). The molecule has 0 bridgehead atoms. The van der Waals surface area contributed by atoms with Gasteiger partial charge in [-0.2, -0.15) is 0 Å². The molecule has 29 heavy (non-hydrogen) atoms. The summed E-state index contributed by atoms with van der Waals surface area (Å²) < 4.78 is 24.0. The lowest BCUT2D eigenvalue weighted by Crippen LogP contribution is -2.31. The average molecular weight is 443 g/mol. The molecule has 0 unspecified atom stereocenters. The zero-order valence-electron chi connectivity index (χ0n) is 16.8. The van der Waals surface area contributed by atoms with E-state index in [9.17, 15) is 4.39 Å². The van der Waals surface area contributed by atoms with Gasteiger partial charge in [0.1, 0.15) is 23.9 Å². The van der Waals surface area contributed by atoms with E-state index in [4.69, 9.17) is 9.47 Å². The molecule has 4 nitrogen and oxygen atoms in total. The second-order valence-corrected chi connectivity index (χ2v) is 7.64. The minimum Gasteiger partial charge on any atom is -0.497 e. The van der Waals surface area contributed by atoms with Crippen molar-refractivity contribution in [1.82, 2.24) is 9.80 Å². The highest BCUT2D eigenvalue weighted by molar-refractivity contribution is 5.85. The number of hydrogen-bond acceptors (Lipinski definition) is 4. The van der Waals surface area contributed by atoms with E-state index in [1.807, 2.05) is 0 Å². The van der Waals surface area contributed by atoms with Gasteiger partial charge < -0.3 is 9.47 Å². The Balaban J connectivity index is 0.00000150. The number of methoxy groups -OCH3 is 1. The largest absolute Gasteiger partial charge is 0.497 e. The molecule has 160 valence electrons. The molecular formula is C22H29Cl2FN2O2. The summed E-state index contributed by atoms with van der Waals surface area (Å²) in [5.41, 5.74) is 1.37. The van der Waals surface area contributed by atoms with Crippen LogP contribution in [0.3, 0.4) is 0 Å². The van der Waals surface area contributed by atoms with Crippen LogP contribution in [0.2, 0.25) is 0 Å². The first-order valence-corrected chi connectivity index (χ1v) is 9.59. The van der Waals surface area contributed by atoms with Crippen molar-refractivity contribution < 1.29 is 13.9 Å². The maximum atomic E-state index is 13.0. The molecule has 2 fully saturated rings. The van der Waals surface area contributed by atoms with Crippen molar-refractivity contribution >= 4 is 24.8 Å². The Labute approximate surface area is 184 Å². The van der Waals surface area contributed by atoms with Crippen molar-refractivity contribution in [1.29, 1.82) is 0 Å². The Morgan fingerprint density at radius 1 is 0.931 bits per heavy atom. The summed E-state index contributed by atoms with van der Waals surface area (Å²) in [7, 11) is 3.94. The van der Waals surface area contributed by atoms with Gasteiger partial charge in [0.25, 0.3) is 0 Å². The number of hydrogen-bond donors (Lipinski definition) is 0. The van der Waals surface area contributed by atoms with Crippen LogP contribution < -0.4 is 9.47 Å². The number of halogens is 3. The summed E-state index contributed by atoms with van der Waals surface area (Å²) in [6.07, 6.45) is 0. The van der Waals surface area contributed by atoms with E-state index in [0.29, 0.717) is 24.5 Å². The number of nitrogens with zero attached hydrogens (tertiary/aromatic N) is 2. The normalized spacial score (nSPS) is 23.8. The predicted molar refractivity (Wildman–Crippen MR) is 118 cm³/mol. The first kappa shape index (κ1) is 23.7. The molecule has 7 heteroatoms. The summed E-state index contributed by atoms with van der Waals surface area (Å²) in [4.78, 5) is 4.99. The Morgan fingerprint density at radius 3 is 2.24 bits per heavy atom. The lowest BCUT2D eigenvalue weighted by atomic mass is 9.89. The lowest BCUT2D eigenvalue weighted by Gasteiger charge is -2.27. The Kier molecular flexibility index (Phi) is 8.58. The quantitative estimate of drug-likeness (QED) is 0.665. The molecule has 2 heterocycles. The molecule has 0 amide bonds. The van der Waals surface area contributed by atoms with Crippen LogP contribution in [0.25, 0.3) is 0 Å². The van der Waals surface area contributed by atoms with Crippen molar-refractivity contribution in [3.8, 4) is 11.5 Å². The molecule has 2 aliphatic rings. The number of rotatable bonds is 6. The van der Waals surface area contributed by atoms with Gasteiger partial charge in [-0.15, -0.1) is 24.8 Å². The summed E-state index contributed by atoms with van der Waals surface area (Å²) in [5, 5.41) is 0. The molecule has 0 N–H and O–H groups in total. The van der Waals surface area contributed by atoms with Crippen LogP contribution in [0.5, 0.6) is 11.5 Å². The molecular weight excluding hydrogens is 414 g/mol. The third-order valence-electron chi connectivity index (χ3n) is 5.92. The highest BCUT2D eigenvalue weighted by Gasteiger charge is 2.45. The summed E-state index contributed by atoms with van der Waals surface area (Å²) in [6, 6.07) is 15.2. The van der Waals surface area contributed by atoms with Crippen molar-refractivity contribution in [3.05, 3.63) is 59.9 Å². The standard InChI is InChI=1S/C22H27FN2O2.2ClH/c1-24-13-17-14-25(11-12-27-20-9-5-18(23)6-10-20)15-21(17)22(24)16-3-7-19(26-2)8-4-16;;/h3-10,17,21-22H,11-15H2,1-2H3;2*1H/t17-,21+,22+;;/m0../s1. The van der Waals surface area contributed by atoms with Crippen molar-refractivity contribution in [2.24, 2.45) is 11.8 Å². The first-order valence-electron chi connectivity index (χ1n) is 9.59. The highest BCUT2D eigenvalue weighted by Crippen LogP contribution is 2.44. The van der Waals surface area contributed by atoms with Crippen LogP contribution in [0.4, 0.5) is 4.39 Å². The molecule has 3 atom stereocenters. The van der Waals surface area contributed by atoms with Gasteiger partial charge in [0, 0.05) is 32.2 Å². The molecule has 0 radical (unpaired) electrons. The molecule has 2 saturated heterocycles. The highest BCUT2D eigenvalue weighted by atomic mass is 35.5. The number of fused-ring (bicyclic) bond motifs is 1. The summed E-state index contributed by atoms with van der Waals surface area (Å²) in [6.45, 7) is 4.89. The second-order valence-electron chi connectivity index (χ2n) is 7.64. The topological polar surface area (TPSA) is 24.9 Å². The lowest BCUT2D eigenvalue weighted by molar-refractivity contribution is 0.198. The van der Waals surface area contributed by atoms with E-state index in [2.05, 4.69) is 41.1 Å². The van der Waals surface area contributed by atoms with Crippen LogP contribution in [-0.4, -0.2) is 56.7 Å². The van der Waals surface area contributed by atoms with Crippen LogP contribution in [-0.2, 0) is 0 Å². The van der Waals surface area contributed by atoms with Gasteiger partial charge in [-0.3, -0.25) is 9.80 Å². The van der Waals surface area contributed by atoms with Gasteiger partial charge in [0.15, 0.2) is 0 Å². The monoisotopic (exact) mass is 442 g/mol. The second kappa shape index (κ2) is 10.5. The van der Waals surface area contributed by atoms with E-state index >= 15 is 0 Å². The third kappa shape index (κ3) is 5.34. The van der Waals surface area contributed by atoms with Crippen LogP contribution >= 0.6 is 24.8 Å². The van der Waals surface area contributed by atoms with Crippen molar-refractivity contribution in [2.45, 2.75) is 6.04 Å². The van der Waals surface area contributed by atoms with Gasteiger partial charge in [0.2, 0.25) is 0 Å². The number of benzene rings is 2. The van der Waals surface area contributed by atoms with E-state index in [0.717, 1.165) is 37.7 Å². The van der Waals surface area contributed by atoms with Gasteiger partial charge >= 0.3 is 0 Å². The average Bonchev–Trinajstić information content (AvgIpc) is 3.19. The van der Waals surface area contributed by atoms with E-state index < -0.39 is 0 Å². The zero-order chi connectivity index (χ0) is 18.8. The van der Waals surface area contributed by atoms with E-state index in [1.54, 1.807) is 19.2 Å². The third-order valence-corrected chi connectivity index (χ3v) is 5.92. The van der Waals surface area contributed by atoms with Gasteiger partial charge in [0.05, 0.1) is 7.11 Å². The molecule has 0 saturated carbocycles. The van der Waals surface area contributed by atoms with Crippen LogP contribution in [0, 0.1) is 17.7 Å². The first-order chi connectivity index (χ1) is 13.1. The van der Waals surface area contributed by atoms with Crippen LogP contribution in [0.1, 0.15) is 11.6 Å². The Bertz CT molecular complexity index is 760. The summed E-state index contributed by atoms with van der Waals surface area (Å²) in [5.74, 6) is 2.75. The van der Waals surface area contributed by atoms with Gasteiger partial charge in [-0.05, 0) is 60.8 Å². The van der Waals surface area contributed by atoms with Gasteiger partial charge in [-0.1, -0.05) is 12.1 Å². The Morgan fingerprint density at radius 2 is 1.59 bits per heavy atom. The molecule has 2 aromatic carbocycles. The van der Waals surface area contributed by atoms with Crippen LogP contribution in [0.15, 0.2) is 48.5 Å². The fourth-order valence-electron chi connectivity index (χ4n) is 4.66. The van der Waals surface area contributed by atoms with E-state index in [-0.39, 0.29) is 30.6 Å². The fraction of sp³-hybridized carbons (Fsp3) is 0.455. The zero-order valence-corrected chi connectivity index (χ0v) is 18.4. The van der Waals surface area contributed by atoms with Crippen molar-refractivity contribution in [2.75, 3.05) is 46.9 Å². The number of likely N-dealkylation sites (tertiary alicyclic amines) is 2. The maximum Gasteiger partial charge on any atom is 0.123 e. The number of ether oxygens (including phenoxy) is 2.